The monoisotopic (exact) mass is 284 g/mol. The fourth-order valence-corrected chi connectivity index (χ4v) is 2.04. The SMILES string of the molecule is CCCn1cncc1C(O)c1occc1Br. The lowest BCUT2D eigenvalue weighted by Gasteiger charge is -2.11. The van der Waals surface area contributed by atoms with Gasteiger partial charge in [0, 0.05) is 6.54 Å². The van der Waals surface area contributed by atoms with Gasteiger partial charge in [-0.25, -0.2) is 4.98 Å². The average molecular weight is 285 g/mol. The third-order valence-corrected chi connectivity index (χ3v) is 3.04. The molecule has 2 rings (SSSR count). The normalized spacial score (nSPS) is 12.9. The largest absolute Gasteiger partial charge is 0.465 e. The number of aliphatic hydroxyl groups is 1. The molecule has 0 spiro atoms. The first kappa shape index (κ1) is 11.4. The molecule has 0 fully saturated rings. The molecule has 0 aliphatic heterocycles. The van der Waals surface area contributed by atoms with Gasteiger partial charge in [0.25, 0.3) is 0 Å². The van der Waals surface area contributed by atoms with E-state index in [0.29, 0.717) is 5.76 Å². The highest BCUT2D eigenvalue weighted by atomic mass is 79.9. The minimum Gasteiger partial charge on any atom is -0.465 e. The van der Waals surface area contributed by atoms with Crippen molar-refractivity contribution in [1.82, 2.24) is 9.55 Å². The smallest absolute Gasteiger partial charge is 0.154 e. The van der Waals surface area contributed by atoms with E-state index in [1.54, 1.807) is 24.9 Å². The zero-order chi connectivity index (χ0) is 11.5. The fourth-order valence-electron chi connectivity index (χ4n) is 1.62. The molecule has 1 atom stereocenters. The summed E-state index contributed by atoms with van der Waals surface area (Å²) in [4.78, 5) is 4.05. The molecule has 0 aromatic carbocycles. The lowest BCUT2D eigenvalue weighted by atomic mass is 10.2. The van der Waals surface area contributed by atoms with Crippen LogP contribution in [0.3, 0.4) is 0 Å². The van der Waals surface area contributed by atoms with Crippen LogP contribution in [0.25, 0.3) is 0 Å². The van der Waals surface area contributed by atoms with Crippen molar-refractivity contribution in [2.24, 2.45) is 0 Å². The summed E-state index contributed by atoms with van der Waals surface area (Å²) in [5.74, 6) is 0.512. The van der Waals surface area contributed by atoms with Crippen LogP contribution >= 0.6 is 15.9 Å². The van der Waals surface area contributed by atoms with Crippen LogP contribution in [-0.2, 0) is 6.54 Å². The predicted octanol–water partition coefficient (Wildman–Crippen LogP) is 2.73. The Hall–Kier alpha value is -1.07. The van der Waals surface area contributed by atoms with E-state index in [0.717, 1.165) is 23.1 Å². The number of imidazole rings is 1. The highest BCUT2D eigenvalue weighted by Crippen LogP contribution is 2.29. The molecule has 16 heavy (non-hydrogen) atoms. The van der Waals surface area contributed by atoms with E-state index in [1.807, 2.05) is 4.57 Å². The van der Waals surface area contributed by atoms with Crippen LogP contribution in [0.5, 0.6) is 0 Å². The molecule has 0 aliphatic rings. The highest BCUT2D eigenvalue weighted by Gasteiger charge is 2.20. The molecular formula is C11H13BrN2O2. The van der Waals surface area contributed by atoms with Crippen molar-refractivity contribution in [3.05, 3.63) is 40.8 Å². The lowest BCUT2D eigenvalue weighted by molar-refractivity contribution is 0.179. The Kier molecular flexibility index (Phi) is 3.46. The lowest BCUT2D eigenvalue weighted by Crippen LogP contribution is -2.07. The van der Waals surface area contributed by atoms with Crippen molar-refractivity contribution < 1.29 is 9.52 Å². The first-order valence-corrected chi connectivity index (χ1v) is 5.94. The molecule has 4 nitrogen and oxygen atoms in total. The summed E-state index contributed by atoms with van der Waals surface area (Å²) in [7, 11) is 0. The third kappa shape index (κ3) is 2.05. The topological polar surface area (TPSA) is 51.2 Å². The number of hydrogen-bond acceptors (Lipinski definition) is 3. The van der Waals surface area contributed by atoms with Crippen molar-refractivity contribution >= 4 is 15.9 Å². The Morgan fingerprint density at radius 3 is 3.06 bits per heavy atom. The molecule has 2 aromatic heterocycles. The number of halogens is 1. The fraction of sp³-hybridized carbons (Fsp3) is 0.364. The van der Waals surface area contributed by atoms with Crippen LogP contribution in [-0.4, -0.2) is 14.7 Å². The zero-order valence-corrected chi connectivity index (χ0v) is 10.5. The summed E-state index contributed by atoms with van der Waals surface area (Å²) >= 11 is 3.33. The van der Waals surface area contributed by atoms with E-state index < -0.39 is 6.10 Å². The Bertz CT molecular complexity index is 464. The van der Waals surface area contributed by atoms with E-state index in [-0.39, 0.29) is 0 Å². The van der Waals surface area contributed by atoms with Gasteiger partial charge in [-0.3, -0.25) is 0 Å². The van der Waals surface area contributed by atoms with Crippen LogP contribution in [0, 0.1) is 0 Å². The molecular weight excluding hydrogens is 272 g/mol. The van der Waals surface area contributed by atoms with Crippen LogP contribution in [0.15, 0.2) is 33.7 Å². The molecule has 0 saturated carbocycles. The zero-order valence-electron chi connectivity index (χ0n) is 8.93. The number of nitrogens with zero attached hydrogens (tertiary/aromatic N) is 2. The van der Waals surface area contributed by atoms with Crippen molar-refractivity contribution in [2.45, 2.75) is 26.0 Å². The maximum atomic E-state index is 10.2. The maximum Gasteiger partial charge on any atom is 0.154 e. The minimum atomic E-state index is -0.779. The molecule has 1 N–H and O–H groups in total. The van der Waals surface area contributed by atoms with E-state index in [2.05, 4.69) is 27.8 Å². The number of furan rings is 1. The highest BCUT2D eigenvalue weighted by molar-refractivity contribution is 9.10. The maximum absolute atomic E-state index is 10.2. The molecule has 0 saturated heterocycles. The number of aromatic nitrogens is 2. The van der Waals surface area contributed by atoms with Gasteiger partial charge in [-0.15, -0.1) is 0 Å². The Balaban J connectivity index is 2.30. The summed E-state index contributed by atoms with van der Waals surface area (Å²) in [6, 6.07) is 1.76. The van der Waals surface area contributed by atoms with Gasteiger partial charge in [0.1, 0.15) is 0 Å². The first-order chi connectivity index (χ1) is 7.74. The Morgan fingerprint density at radius 2 is 2.44 bits per heavy atom. The predicted molar refractivity (Wildman–Crippen MR) is 63.0 cm³/mol. The molecule has 1 unspecified atom stereocenters. The third-order valence-electron chi connectivity index (χ3n) is 2.38. The van der Waals surface area contributed by atoms with Crippen molar-refractivity contribution in [2.75, 3.05) is 0 Å². The van der Waals surface area contributed by atoms with Crippen molar-refractivity contribution in [3.8, 4) is 0 Å². The minimum absolute atomic E-state index is 0.512. The van der Waals surface area contributed by atoms with Gasteiger partial charge in [-0.1, -0.05) is 6.92 Å². The van der Waals surface area contributed by atoms with Crippen molar-refractivity contribution in [1.29, 1.82) is 0 Å². The van der Waals surface area contributed by atoms with Gasteiger partial charge in [-0.2, -0.15) is 0 Å². The van der Waals surface area contributed by atoms with Crippen LogP contribution < -0.4 is 0 Å². The molecule has 0 amide bonds. The summed E-state index contributed by atoms with van der Waals surface area (Å²) in [6.45, 7) is 2.92. The van der Waals surface area contributed by atoms with E-state index in [1.165, 1.54) is 0 Å². The molecule has 5 heteroatoms. The van der Waals surface area contributed by atoms with Gasteiger partial charge in [-0.05, 0) is 28.4 Å². The summed E-state index contributed by atoms with van der Waals surface area (Å²) in [5.41, 5.74) is 0.748. The van der Waals surface area contributed by atoms with Gasteiger partial charge >= 0.3 is 0 Å². The van der Waals surface area contributed by atoms with E-state index >= 15 is 0 Å². The van der Waals surface area contributed by atoms with Crippen LogP contribution in [0.2, 0.25) is 0 Å². The van der Waals surface area contributed by atoms with Gasteiger partial charge < -0.3 is 14.1 Å². The van der Waals surface area contributed by atoms with Crippen LogP contribution in [0.4, 0.5) is 0 Å². The summed E-state index contributed by atoms with van der Waals surface area (Å²) in [5, 5.41) is 10.2. The van der Waals surface area contributed by atoms with Crippen LogP contribution in [0.1, 0.15) is 30.9 Å². The van der Waals surface area contributed by atoms with Gasteiger partial charge in [0.2, 0.25) is 0 Å². The molecule has 86 valence electrons. The molecule has 2 heterocycles. The number of aliphatic hydroxyl groups excluding tert-OH is 1. The number of aryl methyl sites for hydroxylation is 1. The average Bonchev–Trinajstić information content (AvgIpc) is 2.87. The van der Waals surface area contributed by atoms with E-state index in [9.17, 15) is 5.11 Å². The second kappa shape index (κ2) is 4.84. The van der Waals surface area contributed by atoms with Gasteiger partial charge in [0.15, 0.2) is 11.9 Å². The van der Waals surface area contributed by atoms with E-state index in [4.69, 9.17) is 4.42 Å². The standard InChI is InChI=1S/C11H13BrN2O2/c1-2-4-14-7-13-6-9(14)10(15)11-8(12)3-5-16-11/h3,5-7,10,15H,2,4H2,1H3. The Labute approximate surface area is 102 Å². The second-order valence-electron chi connectivity index (χ2n) is 3.55. The molecule has 0 bridgehead atoms. The molecule has 0 aliphatic carbocycles. The second-order valence-corrected chi connectivity index (χ2v) is 4.40. The quantitative estimate of drug-likeness (QED) is 0.939. The summed E-state index contributed by atoms with van der Waals surface area (Å²) in [6.07, 6.45) is 5.14. The molecule has 2 aromatic rings. The molecule has 0 radical (unpaired) electrons. The summed E-state index contributed by atoms with van der Waals surface area (Å²) < 4.78 is 7.94. The van der Waals surface area contributed by atoms with Gasteiger partial charge in [0.05, 0.1) is 29.0 Å². The number of rotatable bonds is 4. The first-order valence-electron chi connectivity index (χ1n) is 5.15. The Morgan fingerprint density at radius 1 is 1.62 bits per heavy atom. The number of hydrogen-bond donors (Lipinski definition) is 1. The van der Waals surface area contributed by atoms with Crippen molar-refractivity contribution in [3.63, 3.8) is 0 Å².